The van der Waals surface area contributed by atoms with Gasteiger partial charge in [0.15, 0.2) is 0 Å². The van der Waals surface area contributed by atoms with Gasteiger partial charge >= 0.3 is 13.1 Å². The van der Waals surface area contributed by atoms with Crippen LogP contribution in [0.5, 0.6) is 5.75 Å². The van der Waals surface area contributed by atoms with E-state index in [9.17, 15) is 9.90 Å². The number of phenols is 1. The van der Waals surface area contributed by atoms with E-state index in [1.165, 1.54) is 18.2 Å². The Bertz CT molecular complexity index is 336. The molecule has 0 aliphatic rings. The fraction of sp³-hybridized carbons (Fsp3) is 0. The fourth-order valence-electron chi connectivity index (χ4n) is 0.942. The highest BCUT2D eigenvalue weighted by Gasteiger charge is 2.20. The number of aromatic hydroxyl groups is 1. The van der Waals surface area contributed by atoms with E-state index in [0.717, 1.165) is 0 Å². The molecule has 0 saturated carbocycles. The molecule has 1 aromatic carbocycles. The van der Waals surface area contributed by atoms with Gasteiger partial charge in [0.2, 0.25) is 0 Å². The summed E-state index contributed by atoms with van der Waals surface area (Å²) >= 11 is 0. The van der Waals surface area contributed by atoms with Gasteiger partial charge in [-0.05, 0) is 6.07 Å². The van der Waals surface area contributed by atoms with E-state index in [4.69, 9.17) is 15.2 Å². The van der Waals surface area contributed by atoms with E-state index in [2.05, 4.69) is 0 Å². The van der Waals surface area contributed by atoms with Crippen molar-refractivity contribution in [3.05, 3.63) is 23.8 Å². The first-order valence-electron chi connectivity index (χ1n) is 3.45. The molecule has 13 heavy (non-hydrogen) atoms. The number of para-hydroxylation sites is 1. The van der Waals surface area contributed by atoms with Gasteiger partial charge in [0.1, 0.15) is 11.3 Å². The van der Waals surface area contributed by atoms with E-state index < -0.39 is 18.8 Å². The summed E-state index contributed by atoms with van der Waals surface area (Å²) in [5.74, 6) is -1.94. The smallest absolute Gasteiger partial charge is 0.492 e. The van der Waals surface area contributed by atoms with Crippen molar-refractivity contribution in [3.8, 4) is 5.75 Å². The maximum absolute atomic E-state index is 10.5. The summed E-state index contributed by atoms with van der Waals surface area (Å²) in [6, 6.07) is 3.72. The van der Waals surface area contributed by atoms with Gasteiger partial charge < -0.3 is 20.3 Å². The van der Waals surface area contributed by atoms with Crippen LogP contribution in [0.3, 0.4) is 0 Å². The summed E-state index contributed by atoms with van der Waals surface area (Å²) in [5.41, 5.74) is -0.578. The molecule has 0 radical (unpaired) electrons. The van der Waals surface area contributed by atoms with Crippen LogP contribution in [0.4, 0.5) is 0 Å². The molecular formula is C7H7BO5. The van der Waals surface area contributed by atoms with Crippen molar-refractivity contribution in [1.82, 2.24) is 0 Å². The molecule has 0 fully saturated rings. The molecule has 0 aliphatic heterocycles. The Kier molecular flexibility index (Phi) is 2.55. The number of benzene rings is 1. The maximum atomic E-state index is 10.5. The molecule has 4 N–H and O–H groups in total. The zero-order valence-electron chi connectivity index (χ0n) is 6.51. The second kappa shape index (κ2) is 3.46. The van der Waals surface area contributed by atoms with Crippen LogP contribution < -0.4 is 5.46 Å². The van der Waals surface area contributed by atoms with Crippen LogP contribution in [-0.4, -0.2) is 33.3 Å². The summed E-state index contributed by atoms with van der Waals surface area (Å²) in [6.45, 7) is 0. The predicted octanol–water partition coefficient (Wildman–Crippen LogP) is -1.23. The molecule has 0 spiro atoms. The second-order valence-corrected chi connectivity index (χ2v) is 2.42. The number of carboxylic acids is 1. The summed E-state index contributed by atoms with van der Waals surface area (Å²) in [4.78, 5) is 10.5. The molecule has 1 aromatic rings. The van der Waals surface area contributed by atoms with Crippen molar-refractivity contribution < 1.29 is 25.1 Å². The highest BCUT2D eigenvalue weighted by atomic mass is 16.4. The highest BCUT2D eigenvalue weighted by Crippen LogP contribution is 2.13. The Labute approximate surface area is 74.0 Å². The third-order valence-electron chi connectivity index (χ3n) is 1.58. The second-order valence-electron chi connectivity index (χ2n) is 2.42. The lowest BCUT2D eigenvalue weighted by atomic mass is 9.78. The van der Waals surface area contributed by atoms with Gasteiger partial charge in [0, 0.05) is 5.46 Å². The van der Waals surface area contributed by atoms with E-state index in [0.29, 0.717) is 0 Å². The lowest BCUT2D eigenvalue weighted by Crippen LogP contribution is -2.30. The Morgan fingerprint density at radius 2 is 1.92 bits per heavy atom. The monoisotopic (exact) mass is 182 g/mol. The van der Waals surface area contributed by atoms with E-state index >= 15 is 0 Å². The molecule has 0 aliphatic carbocycles. The van der Waals surface area contributed by atoms with Crippen LogP contribution in [0, 0.1) is 0 Å². The Hall–Kier alpha value is -1.53. The Morgan fingerprint density at radius 1 is 1.31 bits per heavy atom. The lowest BCUT2D eigenvalue weighted by molar-refractivity contribution is 0.0694. The van der Waals surface area contributed by atoms with Gasteiger partial charge in [-0.2, -0.15) is 0 Å². The first-order valence-corrected chi connectivity index (χ1v) is 3.45. The molecule has 5 nitrogen and oxygen atoms in total. The first kappa shape index (κ1) is 9.56. The van der Waals surface area contributed by atoms with Gasteiger partial charge in [-0.3, -0.25) is 0 Å². The largest absolute Gasteiger partial charge is 0.507 e. The normalized spacial score (nSPS) is 9.69. The predicted molar refractivity (Wildman–Crippen MR) is 44.9 cm³/mol. The topological polar surface area (TPSA) is 98.0 Å². The minimum Gasteiger partial charge on any atom is -0.507 e. The third-order valence-corrected chi connectivity index (χ3v) is 1.58. The molecule has 68 valence electrons. The van der Waals surface area contributed by atoms with Crippen LogP contribution in [0.15, 0.2) is 18.2 Å². The number of carbonyl (C=O) groups is 1. The van der Waals surface area contributed by atoms with E-state index in [1.807, 2.05) is 0 Å². The molecular weight excluding hydrogens is 175 g/mol. The third kappa shape index (κ3) is 1.79. The standard InChI is InChI=1S/C7H7BO5/c9-6-4(7(10)11)2-1-3-5(6)8(12)13/h1-3,9,12-13H,(H,10,11). The van der Waals surface area contributed by atoms with Gasteiger partial charge in [-0.15, -0.1) is 0 Å². The average Bonchev–Trinajstić information content (AvgIpc) is 2.03. The molecule has 0 heterocycles. The molecule has 6 heteroatoms. The molecule has 0 amide bonds. The first-order chi connectivity index (χ1) is 6.04. The summed E-state index contributed by atoms with van der Waals surface area (Å²) in [5, 5.41) is 35.2. The van der Waals surface area contributed by atoms with E-state index in [-0.39, 0.29) is 11.0 Å². The van der Waals surface area contributed by atoms with Crippen LogP contribution in [0.25, 0.3) is 0 Å². The minimum absolute atomic E-state index is 0.222. The lowest BCUT2D eigenvalue weighted by Gasteiger charge is -2.04. The van der Waals surface area contributed by atoms with Crippen LogP contribution >= 0.6 is 0 Å². The summed E-state index contributed by atoms with van der Waals surface area (Å²) < 4.78 is 0. The molecule has 0 bridgehead atoms. The van der Waals surface area contributed by atoms with Gasteiger partial charge in [0.05, 0.1) is 0 Å². The minimum atomic E-state index is -1.88. The van der Waals surface area contributed by atoms with Crippen molar-refractivity contribution >= 4 is 18.6 Å². The molecule has 1 rings (SSSR count). The number of carboxylic acid groups (broad SMARTS) is 1. The van der Waals surface area contributed by atoms with Crippen molar-refractivity contribution in [3.63, 3.8) is 0 Å². The van der Waals surface area contributed by atoms with Gasteiger partial charge in [0.25, 0.3) is 0 Å². The van der Waals surface area contributed by atoms with Crippen LogP contribution in [0.1, 0.15) is 10.4 Å². The number of rotatable bonds is 2. The van der Waals surface area contributed by atoms with Crippen molar-refractivity contribution in [1.29, 1.82) is 0 Å². The SMILES string of the molecule is O=C(O)c1cccc(B(O)O)c1O. The van der Waals surface area contributed by atoms with Crippen molar-refractivity contribution in [2.24, 2.45) is 0 Å². The van der Waals surface area contributed by atoms with Crippen LogP contribution in [0.2, 0.25) is 0 Å². The van der Waals surface area contributed by atoms with E-state index in [1.54, 1.807) is 0 Å². The average molecular weight is 182 g/mol. The summed E-state index contributed by atoms with van der Waals surface area (Å²) in [7, 11) is -1.88. The zero-order valence-corrected chi connectivity index (χ0v) is 6.51. The van der Waals surface area contributed by atoms with Gasteiger partial charge in [-0.25, -0.2) is 4.79 Å². The quantitative estimate of drug-likeness (QED) is 0.429. The molecule has 0 unspecified atom stereocenters. The van der Waals surface area contributed by atoms with Crippen molar-refractivity contribution in [2.45, 2.75) is 0 Å². The molecule has 0 aromatic heterocycles. The molecule has 0 atom stereocenters. The zero-order chi connectivity index (χ0) is 10.0. The fourth-order valence-corrected chi connectivity index (χ4v) is 0.942. The van der Waals surface area contributed by atoms with Crippen LogP contribution in [-0.2, 0) is 0 Å². The van der Waals surface area contributed by atoms with Crippen molar-refractivity contribution in [2.75, 3.05) is 0 Å². The maximum Gasteiger partial charge on any atom is 0.492 e. The summed E-state index contributed by atoms with van der Waals surface area (Å²) in [6.07, 6.45) is 0. The van der Waals surface area contributed by atoms with Gasteiger partial charge in [-0.1, -0.05) is 12.1 Å². The molecule has 0 saturated heterocycles. The number of hydrogen-bond donors (Lipinski definition) is 4. The highest BCUT2D eigenvalue weighted by molar-refractivity contribution is 6.59. The Balaban J connectivity index is 3.26. The Morgan fingerprint density at radius 3 is 2.38 bits per heavy atom. The number of hydrogen-bond acceptors (Lipinski definition) is 4. The number of aromatic carboxylic acids is 1.